The van der Waals surface area contributed by atoms with Crippen LogP contribution in [0.1, 0.15) is 35.4 Å². The van der Waals surface area contributed by atoms with Gasteiger partial charge in [-0.2, -0.15) is 5.26 Å². The van der Waals surface area contributed by atoms with E-state index in [0.717, 1.165) is 30.2 Å². The van der Waals surface area contributed by atoms with Gasteiger partial charge in [0, 0.05) is 17.7 Å². The Kier molecular flexibility index (Phi) is 2.82. The van der Waals surface area contributed by atoms with Crippen LogP contribution in [0.2, 0.25) is 0 Å². The van der Waals surface area contributed by atoms with E-state index in [-0.39, 0.29) is 0 Å². The fourth-order valence-electron chi connectivity index (χ4n) is 2.92. The van der Waals surface area contributed by atoms with Crippen molar-refractivity contribution in [3.8, 4) is 11.8 Å². The lowest BCUT2D eigenvalue weighted by molar-refractivity contribution is 0.357. The van der Waals surface area contributed by atoms with Gasteiger partial charge >= 0.3 is 0 Å². The quantitative estimate of drug-likeness (QED) is 0.917. The molecule has 0 aromatic heterocycles. The first-order valence-electron chi connectivity index (χ1n) is 7.41. The Balaban J connectivity index is 1.72. The van der Waals surface area contributed by atoms with E-state index < -0.39 is 0 Å². The zero-order valence-electron chi connectivity index (χ0n) is 11.7. The summed E-state index contributed by atoms with van der Waals surface area (Å²) in [6.45, 7) is 0.737. The zero-order valence-corrected chi connectivity index (χ0v) is 11.7. The van der Waals surface area contributed by atoms with E-state index in [2.05, 4.69) is 29.6 Å². The van der Waals surface area contributed by atoms with Crippen LogP contribution >= 0.6 is 0 Å². The minimum absolute atomic E-state index is 0.683. The fourth-order valence-corrected chi connectivity index (χ4v) is 2.92. The van der Waals surface area contributed by atoms with Crippen molar-refractivity contribution in [2.45, 2.75) is 25.2 Å². The van der Waals surface area contributed by atoms with Gasteiger partial charge in [-0.15, -0.1) is 0 Å². The van der Waals surface area contributed by atoms with Crippen LogP contribution in [-0.4, -0.2) is 6.61 Å². The van der Waals surface area contributed by atoms with Gasteiger partial charge in [-0.05, 0) is 48.6 Å². The van der Waals surface area contributed by atoms with Gasteiger partial charge in [0.05, 0.1) is 17.9 Å². The van der Waals surface area contributed by atoms with Crippen LogP contribution in [0.3, 0.4) is 0 Å². The predicted molar refractivity (Wildman–Crippen MR) is 82.1 cm³/mol. The predicted octanol–water partition coefficient (Wildman–Crippen LogP) is 4.11. The average molecular weight is 276 g/mol. The lowest BCUT2D eigenvalue weighted by Crippen LogP contribution is -1.98. The number of nitrogens with one attached hydrogen (secondary N) is 1. The van der Waals surface area contributed by atoms with Crippen LogP contribution < -0.4 is 10.1 Å². The Hall–Kier alpha value is -2.47. The highest BCUT2D eigenvalue weighted by atomic mass is 16.5. The smallest absolute Gasteiger partial charge is 0.124 e. The Morgan fingerprint density at radius 2 is 2.05 bits per heavy atom. The van der Waals surface area contributed by atoms with E-state index in [1.165, 1.54) is 24.0 Å². The Morgan fingerprint density at radius 1 is 1.14 bits per heavy atom. The summed E-state index contributed by atoms with van der Waals surface area (Å²) in [4.78, 5) is 0. The van der Waals surface area contributed by atoms with E-state index in [0.29, 0.717) is 11.5 Å². The molecule has 0 spiro atoms. The summed E-state index contributed by atoms with van der Waals surface area (Å²) < 4.78 is 5.60. The highest BCUT2D eigenvalue weighted by Crippen LogP contribution is 2.42. The molecule has 21 heavy (non-hydrogen) atoms. The molecule has 2 aliphatic rings. The molecule has 1 N–H and O–H groups in total. The minimum atomic E-state index is 0.683. The van der Waals surface area contributed by atoms with Gasteiger partial charge in [0.2, 0.25) is 0 Å². The maximum absolute atomic E-state index is 9.32. The lowest BCUT2D eigenvalue weighted by atomic mass is 10.0. The molecule has 104 valence electrons. The monoisotopic (exact) mass is 276 g/mol. The summed E-state index contributed by atoms with van der Waals surface area (Å²) in [5.41, 5.74) is 5.19. The normalized spacial score (nSPS) is 16.0. The number of hydrogen-bond acceptors (Lipinski definition) is 3. The number of benzene rings is 2. The molecule has 0 bridgehead atoms. The van der Waals surface area contributed by atoms with Crippen molar-refractivity contribution in [3.63, 3.8) is 0 Å². The third-order valence-corrected chi connectivity index (χ3v) is 4.22. The van der Waals surface area contributed by atoms with Crippen LogP contribution in [0, 0.1) is 11.3 Å². The van der Waals surface area contributed by atoms with Crippen LogP contribution in [0.5, 0.6) is 5.75 Å². The molecule has 1 fully saturated rings. The molecule has 1 aliphatic carbocycles. The van der Waals surface area contributed by atoms with Crippen molar-refractivity contribution >= 4 is 11.4 Å². The second kappa shape index (κ2) is 4.82. The van der Waals surface area contributed by atoms with Crippen LogP contribution in [0.25, 0.3) is 0 Å². The maximum atomic E-state index is 9.32. The maximum Gasteiger partial charge on any atom is 0.124 e. The van der Waals surface area contributed by atoms with E-state index in [9.17, 15) is 5.26 Å². The summed E-state index contributed by atoms with van der Waals surface area (Å²) in [5.74, 6) is 1.64. The van der Waals surface area contributed by atoms with E-state index in [4.69, 9.17) is 4.74 Å². The van der Waals surface area contributed by atoms with E-state index in [1.54, 1.807) is 0 Å². The molecule has 2 aromatic carbocycles. The van der Waals surface area contributed by atoms with Crippen molar-refractivity contribution < 1.29 is 4.74 Å². The minimum Gasteiger partial charge on any atom is -0.493 e. The number of ether oxygens (including phenoxy) is 1. The SMILES string of the molecule is N#Cc1ccc(C2CC2)cc1Nc1cccc2c1CCO2. The molecule has 0 amide bonds. The first kappa shape index (κ1) is 12.3. The fraction of sp³-hybridized carbons (Fsp3) is 0.278. The lowest BCUT2D eigenvalue weighted by Gasteiger charge is -2.13. The van der Waals surface area contributed by atoms with Crippen LogP contribution in [0.4, 0.5) is 11.4 Å². The Bertz CT molecular complexity index is 741. The average Bonchev–Trinajstić information content (AvgIpc) is 3.25. The molecule has 1 heterocycles. The number of rotatable bonds is 3. The summed E-state index contributed by atoms with van der Waals surface area (Å²) in [5, 5.41) is 12.8. The highest BCUT2D eigenvalue weighted by Gasteiger charge is 2.24. The third-order valence-electron chi connectivity index (χ3n) is 4.22. The highest BCUT2D eigenvalue weighted by molar-refractivity contribution is 5.71. The van der Waals surface area contributed by atoms with Crippen molar-refractivity contribution in [1.82, 2.24) is 0 Å². The number of hydrogen-bond donors (Lipinski definition) is 1. The molecule has 2 aromatic rings. The van der Waals surface area contributed by atoms with Gasteiger partial charge in [-0.3, -0.25) is 0 Å². The zero-order chi connectivity index (χ0) is 14.2. The molecule has 0 saturated heterocycles. The molecular formula is C18H16N2O. The van der Waals surface area contributed by atoms with Crippen molar-refractivity contribution in [1.29, 1.82) is 5.26 Å². The molecule has 3 heteroatoms. The first-order valence-corrected chi connectivity index (χ1v) is 7.41. The standard InChI is InChI=1S/C18H16N2O/c19-11-14-7-6-13(12-4-5-12)10-17(14)20-16-2-1-3-18-15(16)8-9-21-18/h1-3,6-7,10,12,20H,4-5,8-9H2. The van der Waals surface area contributed by atoms with E-state index >= 15 is 0 Å². The van der Waals surface area contributed by atoms with Gasteiger partial charge in [0.15, 0.2) is 0 Å². The molecule has 0 unspecified atom stereocenters. The van der Waals surface area contributed by atoms with Crippen molar-refractivity contribution in [2.24, 2.45) is 0 Å². The summed E-state index contributed by atoms with van der Waals surface area (Å²) >= 11 is 0. The van der Waals surface area contributed by atoms with Gasteiger partial charge in [0.25, 0.3) is 0 Å². The molecule has 1 aliphatic heterocycles. The van der Waals surface area contributed by atoms with Gasteiger partial charge < -0.3 is 10.1 Å². The van der Waals surface area contributed by atoms with E-state index in [1.807, 2.05) is 18.2 Å². The Labute approximate surface area is 124 Å². The molecule has 3 nitrogen and oxygen atoms in total. The van der Waals surface area contributed by atoms with Crippen molar-refractivity contribution in [2.75, 3.05) is 11.9 Å². The van der Waals surface area contributed by atoms with Gasteiger partial charge in [-0.1, -0.05) is 12.1 Å². The molecular weight excluding hydrogens is 260 g/mol. The van der Waals surface area contributed by atoms with Gasteiger partial charge in [0.1, 0.15) is 11.8 Å². The summed E-state index contributed by atoms with van der Waals surface area (Å²) in [6, 6.07) is 14.5. The molecule has 0 atom stereocenters. The number of anilines is 2. The molecule has 0 radical (unpaired) electrons. The second-order valence-electron chi connectivity index (χ2n) is 5.70. The summed E-state index contributed by atoms with van der Waals surface area (Å²) in [6.07, 6.45) is 3.45. The van der Waals surface area contributed by atoms with Crippen molar-refractivity contribution in [3.05, 3.63) is 53.1 Å². The number of nitrogens with zero attached hydrogens (tertiary/aromatic N) is 1. The largest absolute Gasteiger partial charge is 0.493 e. The van der Waals surface area contributed by atoms with Crippen LogP contribution in [-0.2, 0) is 6.42 Å². The van der Waals surface area contributed by atoms with Crippen LogP contribution in [0.15, 0.2) is 36.4 Å². The number of fused-ring (bicyclic) bond motifs is 1. The first-order chi connectivity index (χ1) is 10.3. The van der Waals surface area contributed by atoms with Gasteiger partial charge in [-0.25, -0.2) is 0 Å². The molecule has 4 rings (SSSR count). The summed E-state index contributed by atoms with van der Waals surface area (Å²) in [7, 11) is 0. The third kappa shape index (κ3) is 2.23. The second-order valence-corrected chi connectivity index (χ2v) is 5.70. The Morgan fingerprint density at radius 3 is 2.86 bits per heavy atom. The molecule has 1 saturated carbocycles. The number of nitriles is 1. The topological polar surface area (TPSA) is 45.0 Å².